The number of carbonyl (C=O) groups excluding carboxylic acids is 1. The minimum atomic E-state index is -1.07. The molecular weight excluding hydrogens is 543 g/mol. The van der Waals surface area contributed by atoms with Crippen LogP contribution in [0, 0.1) is 11.3 Å². The lowest BCUT2D eigenvalue weighted by Crippen LogP contribution is -2.42. The van der Waals surface area contributed by atoms with E-state index in [-0.39, 0.29) is 38.8 Å². The molecular formula is C23H22Cl2N6O7. The number of hydrogen-bond acceptors (Lipinski definition) is 10. The fourth-order valence-corrected chi connectivity index (χ4v) is 3.68. The zero-order valence-electron chi connectivity index (χ0n) is 20.9. The van der Waals surface area contributed by atoms with Gasteiger partial charge in [-0.25, -0.2) is 14.2 Å². The minimum Gasteiger partial charge on any atom is -0.442 e. The molecule has 0 spiro atoms. The molecule has 15 heteroatoms. The topological polar surface area (TPSA) is 171 Å². The average Bonchev–Trinajstić information content (AvgIpc) is 2.81. The maximum atomic E-state index is 12.8. The summed E-state index contributed by atoms with van der Waals surface area (Å²) in [5, 5.41) is 25.9. The highest BCUT2D eigenvalue weighted by Gasteiger charge is 2.24. The predicted octanol–water partition coefficient (Wildman–Crippen LogP) is 2.78. The number of halogens is 2. The van der Waals surface area contributed by atoms with Crippen LogP contribution in [0.2, 0.25) is 10.0 Å². The van der Waals surface area contributed by atoms with Crippen molar-refractivity contribution in [2.24, 2.45) is 0 Å². The number of aromatic nitrogens is 5. The van der Waals surface area contributed by atoms with Crippen LogP contribution in [-0.4, -0.2) is 40.9 Å². The Morgan fingerprint density at radius 1 is 1.11 bits per heavy atom. The molecule has 0 amide bonds. The molecule has 38 heavy (non-hydrogen) atoms. The SMILES string of the molecule is CC(C)c1cc(Oc2c(Cl)cc(-n3nc(C#N)c(=O)n(CO)c3=O)cc2Cl)nn(C(=O)OC(C)(C)C)c1=O. The van der Waals surface area contributed by atoms with Gasteiger partial charge in [0, 0.05) is 11.6 Å². The highest BCUT2D eigenvalue weighted by molar-refractivity contribution is 6.37. The van der Waals surface area contributed by atoms with E-state index < -0.39 is 40.9 Å². The molecule has 0 aliphatic heterocycles. The Balaban J connectivity index is 2.12. The first-order chi connectivity index (χ1) is 17.7. The quantitative estimate of drug-likeness (QED) is 0.485. The summed E-state index contributed by atoms with van der Waals surface area (Å²) in [6, 6.07) is 5.29. The Bertz CT molecular complexity index is 1620. The summed E-state index contributed by atoms with van der Waals surface area (Å²) in [6.45, 7) is 7.38. The van der Waals surface area contributed by atoms with Crippen LogP contribution < -0.4 is 21.5 Å². The van der Waals surface area contributed by atoms with E-state index in [0.29, 0.717) is 13.9 Å². The van der Waals surface area contributed by atoms with E-state index in [1.165, 1.54) is 18.2 Å². The smallest absolute Gasteiger partial charge is 0.438 e. The van der Waals surface area contributed by atoms with Crippen LogP contribution in [0.3, 0.4) is 0 Å². The first-order valence-corrected chi connectivity index (χ1v) is 11.7. The van der Waals surface area contributed by atoms with Crippen molar-refractivity contribution in [2.75, 3.05) is 0 Å². The number of aliphatic hydroxyl groups is 1. The molecule has 0 aliphatic rings. The van der Waals surface area contributed by atoms with Gasteiger partial charge in [-0.2, -0.15) is 9.94 Å². The highest BCUT2D eigenvalue weighted by atomic mass is 35.5. The third-order valence-electron chi connectivity index (χ3n) is 4.85. The molecule has 0 fully saturated rings. The van der Waals surface area contributed by atoms with Gasteiger partial charge in [-0.3, -0.25) is 9.59 Å². The molecule has 0 atom stereocenters. The molecule has 0 bridgehead atoms. The van der Waals surface area contributed by atoms with Crippen LogP contribution in [0.5, 0.6) is 11.6 Å². The van der Waals surface area contributed by atoms with Crippen molar-refractivity contribution in [1.82, 2.24) is 24.1 Å². The summed E-state index contributed by atoms with van der Waals surface area (Å²) in [4.78, 5) is 50.1. The summed E-state index contributed by atoms with van der Waals surface area (Å²) in [7, 11) is 0. The van der Waals surface area contributed by atoms with E-state index in [9.17, 15) is 24.3 Å². The maximum Gasteiger partial charge on any atom is 0.438 e. The number of rotatable bonds is 5. The molecule has 2 heterocycles. The van der Waals surface area contributed by atoms with E-state index in [1.807, 2.05) is 0 Å². The molecule has 0 unspecified atom stereocenters. The second-order valence-corrected chi connectivity index (χ2v) is 9.97. The molecule has 3 rings (SSSR count). The van der Waals surface area contributed by atoms with Crippen molar-refractivity contribution in [3.05, 3.63) is 70.7 Å². The fourth-order valence-electron chi connectivity index (χ4n) is 3.13. The first kappa shape index (κ1) is 28.6. The second-order valence-electron chi connectivity index (χ2n) is 9.16. The lowest BCUT2D eigenvalue weighted by molar-refractivity contribution is 0.0501. The van der Waals surface area contributed by atoms with Crippen LogP contribution in [0.25, 0.3) is 5.69 Å². The molecule has 3 aromatic rings. The Hall–Kier alpha value is -3.99. The Morgan fingerprint density at radius 3 is 2.21 bits per heavy atom. The Kier molecular flexibility index (Phi) is 8.11. The number of nitriles is 1. The number of aliphatic hydroxyl groups excluding tert-OH is 1. The summed E-state index contributed by atoms with van der Waals surface area (Å²) in [6.07, 6.45) is -1.01. The Labute approximate surface area is 225 Å². The van der Waals surface area contributed by atoms with Gasteiger partial charge in [0.2, 0.25) is 11.6 Å². The van der Waals surface area contributed by atoms with E-state index in [1.54, 1.807) is 40.7 Å². The van der Waals surface area contributed by atoms with Crippen molar-refractivity contribution in [2.45, 2.75) is 52.9 Å². The van der Waals surface area contributed by atoms with Crippen molar-refractivity contribution in [1.29, 1.82) is 5.26 Å². The van der Waals surface area contributed by atoms with Gasteiger partial charge in [-0.1, -0.05) is 37.0 Å². The zero-order chi connectivity index (χ0) is 28.5. The number of benzene rings is 1. The summed E-state index contributed by atoms with van der Waals surface area (Å²) >= 11 is 12.7. The maximum absolute atomic E-state index is 12.8. The third kappa shape index (κ3) is 5.77. The van der Waals surface area contributed by atoms with E-state index in [4.69, 9.17) is 37.9 Å². The van der Waals surface area contributed by atoms with Crippen LogP contribution in [-0.2, 0) is 11.5 Å². The van der Waals surface area contributed by atoms with Gasteiger partial charge in [-0.05, 0) is 38.8 Å². The fraction of sp³-hybridized carbons (Fsp3) is 0.348. The van der Waals surface area contributed by atoms with Crippen molar-refractivity contribution in [3.8, 4) is 23.4 Å². The highest BCUT2D eigenvalue weighted by Crippen LogP contribution is 2.37. The van der Waals surface area contributed by atoms with Gasteiger partial charge in [0.25, 0.3) is 11.1 Å². The summed E-state index contributed by atoms with van der Waals surface area (Å²) in [5.74, 6) is -0.659. The van der Waals surface area contributed by atoms with Gasteiger partial charge in [0.1, 0.15) is 18.4 Å². The monoisotopic (exact) mass is 564 g/mol. The van der Waals surface area contributed by atoms with Gasteiger partial charge in [0.15, 0.2) is 5.75 Å². The zero-order valence-corrected chi connectivity index (χ0v) is 22.4. The normalized spacial score (nSPS) is 11.4. The number of hydrogen-bond donors (Lipinski definition) is 1. The Morgan fingerprint density at radius 2 is 1.71 bits per heavy atom. The standard InChI is InChI=1S/C23H22Cl2N6O7/c1-11(2)13-8-17(28-31(19(13)33)22(36)38-23(3,4)5)37-18-14(24)6-12(7-15(18)25)30-21(35)29(10-32)20(34)16(9-26)27-30/h6-8,11,32H,10H2,1-5H3. The van der Waals surface area contributed by atoms with Crippen molar-refractivity contribution in [3.63, 3.8) is 0 Å². The van der Waals surface area contributed by atoms with Gasteiger partial charge < -0.3 is 14.6 Å². The molecule has 200 valence electrons. The number of nitrogens with zero attached hydrogens (tertiary/aromatic N) is 6. The van der Waals surface area contributed by atoms with Crippen molar-refractivity contribution >= 4 is 29.3 Å². The third-order valence-corrected chi connectivity index (χ3v) is 5.41. The molecule has 2 aromatic heterocycles. The van der Waals surface area contributed by atoms with Crippen LogP contribution in [0.15, 0.2) is 32.6 Å². The van der Waals surface area contributed by atoms with Crippen LogP contribution in [0.1, 0.15) is 51.8 Å². The number of ether oxygens (including phenoxy) is 2. The summed E-state index contributed by atoms with van der Waals surface area (Å²) < 4.78 is 12.6. The molecule has 0 saturated heterocycles. The van der Waals surface area contributed by atoms with Gasteiger partial charge >= 0.3 is 11.8 Å². The molecule has 13 nitrogen and oxygen atoms in total. The first-order valence-electron chi connectivity index (χ1n) is 11.0. The predicted molar refractivity (Wildman–Crippen MR) is 135 cm³/mol. The van der Waals surface area contributed by atoms with E-state index in [0.717, 1.165) is 0 Å². The number of carbonyl (C=O) groups is 1. The average molecular weight is 565 g/mol. The summed E-state index contributed by atoms with van der Waals surface area (Å²) in [5.41, 5.74) is -4.20. The van der Waals surface area contributed by atoms with E-state index in [2.05, 4.69) is 10.2 Å². The second kappa shape index (κ2) is 10.8. The molecule has 0 radical (unpaired) electrons. The van der Waals surface area contributed by atoms with Gasteiger partial charge in [0.05, 0.1) is 15.7 Å². The lowest BCUT2D eigenvalue weighted by Gasteiger charge is -2.20. The minimum absolute atomic E-state index is 0.0504. The van der Waals surface area contributed by atoms with Crippen molar-refractivity contribution < 1.29 is 19.4 Å². The largest absolute Gasteiger partial charge is 0.442 e. The molecule has 1 aromatic carbocycles. The lowest BCUT2D eigenvalue weighted by atomic mass is 10.1. The molecule has 0 aliphatic carbocycles. The van der Waals surface area contributed by atoms with Gasteiger partial charge in [-0.15, -0.1) is 14.9 Å². The van der Waals surface area contributed by atoms with Crippen LogP contribution >= 0.6 is 23.2 Å². The van der Waals surface area contributed by atoms with E-state index >= 15 is 0 Å². The molecule has 0 saturated carbocycles. The molecule has 1 N–H and O–H groups in total. The van der Waals surface area contributed by atoms with Crippen LogP contribution in [0.4, 0.5) is 4.79 Å².